The quantitative estimate of drug-likeness (QED) is 0.292. The molecule has 0 fully saturated rings. The summed E-state index contributed by atoms with van der Waals surface area (Å²) in [6.45, 7) is 5.12. The van der Waals surface area contributed by atoms with Gasteiger partial charge in [0.25, 0.3) is 0 Å². The van der Waals surface area contributed by atoms with Crippen LogP contribution in [0.1, 0.15) is 18.6 Å². The number of aromatic nitrogens is 7. The third-order valence-corrected chi connectivity index (χ3v) is 2.40. The maximum Gasteiger partial charge on any atom is 3.00 e. The van der Waals surface area contributed by atoms with Crippen molar-refractivity contribution in [3.8, 4) is 29.1 Å². The molecule has 0 aromatic carbocycles. The Kier molecular flexibility index (Phi) is 20.1. The summed E-state index contributed by atoms with van der Waals surface area (Å²) in [7, 11) is 0. The number of nitrogens with one attached hydrogen (secondary N) is 2. The maximum absolute atomic E-state index is 8.25. The molecule has 0 atom stereocenters. The number of hydrogen-bond donors (Lipinski definition) is 2. The van der Waals surface area contributed by atoms with Crippen LogP contribution < -0.4 is 0 Å². The predicted octanol–water partition coefficient (Wildman–Crippen LogP) is 1.08. The van der Waals surface area contributed by atoms with Gasteiger partial charge < -0.3 is 46.0 Å². The summed E-state index contributed by atoms with van der Waals surface area (Å²) in [4.78, 5) is 37.7. The average molecular weight is 641 g/mol. The van der Waals surface area contributed by atoms with Gasteiger partial charge in [-0.05, 0) is 26.0 Å². The van der Waals surface area contributed by atoms with Crippen LogP contribution in [0.15, 0.2) is 18.2 Å². The smallest absolute Gasteiger partial charge is 0.356 e. The zero-order valence-electron chi connectivity index (χ0n) is 17.2. The Hall–Kier alpha value is -3.96. The summed E-state index contributed by atoms with van der Waals surface area (Å²) >= 11 is 0. The van der Waals surface area contributed by atoms with Crippen LogP contribution in [0, 0.1) is 118 Å². The van der Waals surface area contributed by atoms with Gasteiger partial charge in [0.1, 0.15) is 23.0 Å². The first-order valence-electron chi connectivity index (χ1n) is 7.85. The molecule has 189 valence electrons. The molecule has 0 saturated carbocycles. The van der Waals surface area contributed by atoms with E-state index < -0.39 is 15.3 Å². The van der Waals surface area contributed by atoms with E-state index >= 15 is 0 Å². The maximum atomic E-state index is 8.25. The fourth-order valence-corrected chi connectivity index (χ4v) is 1.60. The molecule has 1 radical (unpaired) electrons. The summed E-state index contributed by atoms with van der Waals surface area (Å²) in [6, 6.07) is 7.34. The molecule has 0 aliphatic rings. The monoisotopic (exact) mass is 642 g/mol. The van der Waals surface area contributed by atoms with Crippen molar-refractivity contribution in [1.29, 1.82) is 5.26 Å². The minimum Gasteiger partial charge on any atom is -0.356 e. The minimum atomic E-state index is -1.75. The molecule has 0 amide bonds. The Morgan fingerprint density at radius 1 is 0.765 bits per heavy atom. The van der Waals surface area contributed by atoms with E-state index in [-0.39, 0.29) is 46.9 Å². The fraction of sp³-hybridized carbons (Fsp3) is 0.231. The molecule has 3 aromatic heterocycles. The molecule has 3 rings (SSSR count). The zero-order chi connectivity index (χ0) is 26.0. The zero-order valence-corrected chi connectivity index (χ0v) is 18.9. The molecular formula is C13H14N11O9Yb. The number of rotatable bonds is 2. The van der Waals surface area contributed by atoms with Gasteiger partial charge in [0.2, 0.25) is 0 Å². The van der Waals surface area contributed by atoms with E-state index in [1.54, 1.807) is 6.07 Å². The number of hydrogen-bond acceptors (Lipinski definition) is 15. The van der Waals surface area contributed by atoms with Gasteiger partial charge in [0, 0.05) is 6.92 Å². The first kappa shape index (κ1) is 34.6. The Morgan fingerprint density at radius 3 is 1.24 bits per heavy atom. The van der Waals surface area contributed by atoms with Crippen LogP contribution in [0.25, 0.3) is 23.0 Å². The molecule has 0 aliphatic carbocycles. The summed E-state index contributed by atoms with van der Waals surface area (Å²) in [5.41, 5.74) is 1.39. The fourth-order valence-electron chi connectivity index (χ4n) is 1.60. The molecule has 2 N–H and O–H groups in total. The number of nitrogens with zero attached hydrogens (tertiary/aromatic N) is 9. The summed E-state index contributed by atoms with van der Waals surface area (Å²) in [5, 5.41) is 65.3. The van der Waals surface area contributed by atoms with Gasteiger partial charge >= 0.3 is 46.9 Å². The topological polar surface area (TPSA) is 318 Å². The van der Waals surface area contributed by atoms with E-state index in [4.69, 9.17) is 51.2 Å². The Labute approximate surface area is 227 Å². The third kappa shape index (κ3) is 20.0. The molecule has 0 saturated heterocycles. The van der Waals surface area contributed by atoms with Gasteiger partial charge in [-0.3, -0.25) is 10.2 Å². The molecule has 20 nitrogen and oxygen atoms in total. The number of aromatic amines is 2. The second kappa shape index (κ2) is 19.7. The third-order valence-electron chi connectivity index (χ3n) is 2.40. The SMILES string of the molecule is CC#N.Cc1nc(-c2cccc(-c3n[nH]c(C)n3)n2)n[nH]1.O=[N+]([O-])[O-].O=[N+]([O-])[O-].O=[N+]([O-])[O-].[Yb+3]. The number of H-pyrrole nitrogens is 2. The van der Waals surface area contributed by atoms with Crippen molar-refractivity contribution in [2.24, 2.45) is 0 Å². The van der Waals surface area contributed by atoms with Crippen molar-refractivity contribution in [2.75, 3.05) is 0 Å². The number of nitriles is 1. The Bertz CT molecular complexity index is 970. The van der Waals surface area contributed by atoms with E-state index in [1.165, 1.54) is 6.92 Å². The largest absolute Gasteiger partial charge is 3.00 e. The van der Waals surface area contributed by atoms with Crippen molar-refractivity contribution in [2.45, 2.75) is 20.8 Å². The van der Waals surface area contributed by atoms with Crippen LogP contribution in [0.2, 0.25) is 0 Å². The molecule has 0 bridgehead atoms. The first-order valence-corrected chi connectivity index (χ1v) is 7.85. The standard InChI is InChI=1S/C11H11N7.C2H3N.3NO3.Yb/c1-6-12-10(17-15-6)8-4-3-5-9(14-8)11-13-7(2)16-18-11;1-2-3;3*2-1(3)4;/h3-5H,1-2H3,(H,12,15,17)(H,13,16,18);1H3;;;;/q;;3*-1;+3. The first-order chi connectivity index (χ1) is 15.3. The number of pyridine rings is 1. The predicted molar refractivity (Wildman–Crippen MR) is 107 cm³/mol. The van der Waals surface area contributed by atoms with E-state index in [0.717, 1.165) is 11.6 Å². The van der Waals surface area contributed by atoms with E-state index in [0.29, 0.717) is 23.0 Å². The summed E-state index contributed by atoms with van der Waals surface area (Å²) in [6.07, 6.45) is 0. The second-order valence-corrected chi connectivity index (χ2v) is 4.79. The van der Waals surface area contributed by atoms with Crippen molar-refractivity contribution >= 4 is 0 Å². The Morgan fingerprint density at radius 2 is 1.03 bits per heavy atom. The normalized spacial score (nSPS) is 8.06. The van der Waals surface area contributed by atoms with E-state index in [9.17, 15) is 0 Å². The molecule has 0 aliphatic heterocycles. The van der Waals surface area contributed by atoms with Gasteiger partial charge in [-0.2, -0.15) is 15.5 Å². The van der Waals surface area contributed by atoms with Crippen LogP contribution in [0.5, 0.6) is 0 Å². The van der Waals surface area contributed by atoms with Crippen molar-refractivity contribution in [1.82, 2.24) is 35.3 Å². The Balaban J connectivity index is -0.000000500. The molecular weight excluding hydrogens is 627 g/mol. The van der Waals surface area contributed by atoms with Crippen LogP contribution in [-0.2, 0) is 0 Å². The molecule has 34 heavy (non-hydrogen) atoms. The van der Waals surface area contributed by atoms with Gasteiger partial charge in [-0.25, -0.2) is 15.0 Å². The van der Waals surface area contributed by atoms with E-state index in [1.807, 2.05) is 32.0 Å². The van der Waals surface area contributed by atoms with Gasteiger partial charge in [0.15, 0.2) is 11.6 Å². The van der Waals surface area contributed by atoms with Crippen LogP contribution in [-0.4, -0.2) is 50.6 Å². The molecule has 3 aromatic rings. The van der Waals surface area contributed by atoms with Gasteiger partial charge in [0.05, 0.1) is 21.3 Å². The van der Waals surface area contributed by atoms with Crippen molar-refractivity contribution in [3.63, 3.8) is 0 Å². The summed E-state index contributed by atoms with van der Waals surface area (Å²) in [5.74, 6) is 2.65. The minimum absolute atomic E-state index is 0. The average Bonchev–Trinajstić information content (AvgIpc) is 3.30. The van der Waals surface area contributed by atoms with Crippen LogP contribution in [0.3, 0.4) is 0 Å². The number of aryl methyl sites for hydroxylation is 2. The molecule has 21 heteroatoms. The van der Waals surface area contributed by atoms with Crippen molar-refractivity contribution < 1.29 is 62.2 Å². The van der Waals surface area contributed by atoms with Gasteiger partial charge in [-0.15, -0.1) is 0 Å². The molecule has 0 unspecified atom stereocenters. The van der Waals surface area contributed by atoms with Gasteiger partial charge in [-0.1, -0.05) is 6.07 Å². The van der Waals surface area contributed by atoms with Crippen LogP contribution >= 0.6 is 0 Å². The molecule has 3 heterocycles. The summed E-state index contributed by atoms with van der Waals surface area (Å²) < 4.78 is 0. The van der Waals surface area contributed by atoms with E-state index in [2.05, 4.69) is 35.3 Å². The molecule has 0 spiro atoms. The van der Waals surface area contributed by atoms with Crippen molar-refractivity contribution in [3.05, 3.63) is 75.8 Å². The second-order valence-electron chi connectivity index (χ2n) is 4.79. The van der Waals surface area contributed by atoms with Crippen LogP contribution in [0.4, 0.5) is 0 Å².